The number of fused-ring (bicyclic) bond motifs is 4. The summed E-state index contributed by atoms with van der Waals surface area (Å²) >= 11 is 0. The van der Waals surface area contributed by atoms with E-state index in [1.54, 1.807) is 17.4 Å². The van der Waals surface area contributed by atoms with Crippen molar-refractivity contribution in [2.45, 2.75) is 26.3 Å². The maximum absolute atomic E-state index is 14.2. The van der Waals surface area contributed by atoms with Gasteiger partial charge in [0.1, 0.15) is 5.41 Å². The fourth-order valence-electron chi connectivity index (χ4n) is 5.56. The van der Waals surface area contributed by atoms with Crippen LogP contribution in [0.2, 0.25) is 0 Å². The number of carbonyl (C=O) groups is 1. The number of rotatable bonds is 2. The molecule has 7 heteroatoms. The second-order valence-corrected chi connectivity index (χ2v) is 9.12. The molecule has 1 aromatic heterocycles. The van der Waals surface area contributed by atoms with Gasteiger partial charge >= 0.3 is 0 Å². The number of aryl methyl sites for hydroxylation is 1. The smallest absolute Gasteiger partial charge is 0.261 e. The summed E-state index contributed by atoms with van der Waals surface area (Å²) < 4.78 is 0. The Kier molecular flexibility index (Phi) is 4.47. The maximum Gasteiger partial charge on any atom is 0.261 e. The zero-order valence-corrected chi connectivity index (χ0v) is 18.8. The first-order chi connectivity index (χ1) is 16.1. The SMILES string of the molecule is CC1=NN(c2ccc(C)cc2)C(=O)[C@@]12Cc1ccccc1N1CCN(c3ncccn3)C[C@H]12. The highest BCUT2D eigenvalue weighted by Crippen LogP contribution is 2.48. The van der Waals surface area contributed by atoms with Gasteiger partial charge in [-0.1, -0.05) is 35.9 Å². The number of anilines is 3. The van der Waals surface area contributed by atoms with E-state index in [1.807, 2.05) is 44.2 Å². The fraction of sp³-hybridized carbons (Fsp3) is 0.308. The Hall–Kier alpha value is -3.74. The van der Waals surface area contributed by atoms with Crippen molar-refractivity contribution in [1.82, 2.24) is 9.97 Å². The van der Waals surface area contributed by atoms with Gasteiger partial charge in [-0.05, 0) is 50.1 Å². The zero-order valence-electron chi connectivity index (χ0n) is 18.8. The number of para-hydroxylation sites is 1. The molecule has 33 heavy (non-hydrogen) atoms. The number of nitrogens with zero attached hydrogens (tertiary/aromatic N) is 6. The minimum atomic E-state index is -0.729. The largest absolute Gasteiger partial charge is 0.363 e. The molecule has 3 aromatic rings. The normalized spacial score (nSPS) is 24.1. The van der Waals surface area contributed by atoms with E-state index in [9.17, 15) is 4.79 Å². The molecule has 4 heterocycles. The quantitative estimate of drug-likeness (QED) is 0.613. The number of hydrogen-bond donors (Lipinski definition) is 0. The third-order valence-electron chi connectivity index (χ3n) is 7.30. The summed E-state index contributed by atoms with van der Waals surface area (Å²) in [7, 11) is 0. The third kappa shape index (κ3) is 2.95. The van der Waals surface area contributed by atoms with E-state index in [0.29, 0.717) is 18.9 Å². The van der Waals surface area contributed by atoms with E-state index < -0.39 is 5.41 Å². The first kappa shape index (κ1) is 19.9. The molecule has 7 nitrogen and oxygen atoms in total. The molecule has 0 saturated carbocycles. The van der Waals surface area contributed by atoms with Crippen molar-refractivity contribution in [3.8, 4) is 0 Å². The third-order valence-corrected chi connectivity index (χ3v) is 7.30. The first-order valence-corrected chi connectivity index (χ1v) is 11.4. The number of aromatic nitrogens is 2. The van der Waals surface area contributed by atoms with Gasteiger partial charge in [0, 0.05) is 37.7 Å². The van der Waals surface area contributed by atoms with Crippen molar-refractivity contribution >= 4 is 28.9 Å². The summed E-state index contributed by atoms with van der Waals surface area (Å²) in [4.78, 5) is 27.8. The van der Waals surface area contributed by atoms with Crippen LogP contribution in [0.25, 0.3) is 0 Å². The lowest BCUT2D eigenvalue weighted by Crippen LogP contribution is -2.67. The minimum Gasteiger partial charge on any atom is -0.363 e. The molecule has 0 radical (unpaired) electrons. The van der Waals surface area contributed by atoms with Crippen LogP contribution in [0.4, 0.5) is 17.3 Å². The standard InChI is InChI=1S/C26H26N6O/c1-18-8-10-21(11-9-18)32-24(33)26(19(2)29-32)16-20-6-3-4-7-22(20)31-15-14-30(17-23(26)31)25-27-12-5-13-28-25/h3-13,23H,14-17H2,1-2H3/t23-,26-/m0/s1. The summed E-state index contributed by atoms with van der Waals surface area (Å²) in [6.45, 7) is 6.32. The monoisotopic (exact) mass is 438 g/mol. The number of benzene rings is 2. The average molecular weight is 439 g/mol. The molecule has 1 saturated heterocycles. The summed E-state index contributed by atoms with van der Waals surface area (Å²) in [6.07, 6.45) is 4.19. The van der Waals surface area contributed by atoms with Gasteiger partial charge in [0.15, 0.2) is 0 Å². The maximum atomic E-state index is 14.2. The van der Waals surface area contributed by atoms with Gasteiger partial charge in [0.2, 0.25) is 5.95 Å². The van der Waals surface area contributed by atoms with Gasteiger partial charge in [-0.3, -0.25) is 4.79 Å². The van der Waals surface area contributed by atoms with Crippen molar-refractivity contribution < 1.29 is 4.79 Å². The molecule has 166 valence electrons. The van der Waals surface area contributed by atoms with Crippen LogP contribution in [-0.4, -0.2) is 47.3 Å². The Balaban J connectivity index is 1.45. The van der Waals surface area contributed by atoms with E-state index in [1.165, 1.54) is 11.3 Å². The number of amides is 1. The minimum absolute atomic E-state index is 0.0455. The molecule has 2 atom stereocenters. The first-order valence-electron chi connectivity index (χ1n) is 11.4. The van der Waals surface area contributed by atoms with Crippen LogP contribution in [-0.2, 0) is 11.2 Å². The van der Waals surface area contributed by atoms with Crippen molar-refractivity contribution in [2.75, 3.05) is 34.4 Å². The number of carbonyl (C=O) groups excluding carboxylic acids is 1. The highest BCUT2D eigenvalue weighted by Gasteiger charge is 2.60. The highest BCUT2D eigenvalue weighted by molar-refractivity contribution is 6.20. The van der Waals surface area contributed by atoms with Gasteiger partial charge in [-0.25, -0.2) is 9.97 Å². The van der Waals surface area contributed by atoms with Crippen LogP contribution in [0.5, 0.6) is 0 Å². The number of piperazine rings is 1. The van der Waals surface area contributed by atoms with Gasteiger partial charge in [0.05, 0.1) is 17.4 Å². The topological polar surface area (TPSA) is 64.9 Å². The van der Waals surface area contributed by atoms with Crippen LogP contribution < -0.4 is 14.8 Å². The molecule has 1 fully saturated rings. The summed E-state index contributed by atoms with van der Waals surface area (Å²) in [6, 6.07) is 18.2. The Morgan fingerprint density at radius 1 is 0.939 bits per heavy atom. The van der Waals surface area contributed by atoms with Gasteiger partial charge < -0.3 is 9.80 Å². The molecular formula is C26H26N6O. The predicted octanol–water partition coefficient (Wildman–Crippen LogP) is 3.45. The molecule has 1 spiro atoms. The van der Waals surface area contributed by atoms with E-state index in [2.05, 4.69) is 44.0 Å². The lowest BCUT2D eigenvalue weighted by molar-refractivity contribution is -0.125. The second-order valence-electron chi connectivity index (χ2n) is 9.12. The second kappa shape index (κ2) is 7.40. The van der Waals surface area contributed by atoms with Gasteiger partial charge in [0.25, 0.3) is 5.91 Å². The summed E-state index contributed by atoms with van der Waals surface area (Å²) in [5, 5.41) is 6.44. The lowest BCUT2D eigenvalue weighted by atomic mass is 9.67. The van der Waals surface area contributed by atoms with Crippen LogP contribution in [0.3, 0.4) is 0 Å². The molecule has 3 aliphatic rings. The molecule has 0 bridgehead atoms. The van der Waals surface area contributed by atoms with E-state index >= 15 is 0 Å². The van der Waals surface area contributed by atoms with Crippen LogP contribution in [0.15, 0.2) is 72.1 Å². The Morgan fingerprint density at radius 2 is 1.70 bits per heavy atom. The number of hydrogen-bond acceptors (Lipinski definition) is 6. The molecule has 3 aliphatic heterocycles. The average Bonchev–Trinajstić information content (AvgIpc) is 3.10. The predicted molar refractivity (Wildman–Crippen MR) is 130 cm³/mol. The van der Waals surface area contributed by atoms with Gasteiger partial charge in [-0.2, -0.15) is 10.1 Å². The van der Waals surface area contributed by atoms with Crippen molar-refractivity contribution in [2.24, 2.45) is 10.5 Å². The molecule has 0 N–H and O–H groups in total. The molecule has 2 aromatic carbocycles. The van der Waals surface area contributed by atoms with E-state index in [-0.39, 0.29) is 11.9 Å². The van der Waals surface area contributed by atoms with Gasteiger partial charge in [-0.15, -0.1) is 0 Å². The van der Waals surface area contributed by atoms with E-state index in [0.717, 1.165) is 30.1 Å². The van der Waals surface area contributed by atoms with Crippen LogP contribution >= 0.6 is 0 Å². The van der Waals surface area contributed by atoms with Crippen molar-refractivity contribution in [1.29, 1.82) is 0 Å². The lowest BCUT2D eigenvalue weighted by Gasteiger charge is -2.53. The summed E-state index contributed by atoms with van der Waals surface area (Å²) in [5.74, 6) is 0.755. The van der Waals surface area contributed by atoms with Crippen LogP contribution in [0.1, 0.15) is 18.1 Å². The zero-order chi connectivity index (χ0) is 22.6. The molecule has 0 aliphatic carbocycles. The molecule has 6 rings (SSSR count). The molecule has 0 unspecified atom stereocenters. The molecular weight excluding hydrogens is 412 g/mol. The van der Waals surface area contributed by atoms with E-state index in [4.69, 9.17) is 5.10 Å². The van der Waals surface area contributed by atoms with Crippen molar-refractivity contribution in [3.63, 3.8) is 0 Å². The Labute approximate surface area is 193 Å². The summed E-state index contributed by atoms with van der Waals surface area (Å²) in [5.41, 5.74) is 4.53. The molecule has 1 amide bonds. The Bertz CT molecular complexity index is 1240. The Morgan fingerprint density at radius 3 is 2.48 bits per heavy atom. The van der Waals surface area contributed by atoms with Crippen LogP contribution in [0, 0.1) is 12.3 Å². The highest BCUT2D eigenvalue weighted by atomic mass is 16.2. The van der Waals surface area contributed by atoms with Crippen molar-refractivity contribution in [3.05, 3.63) is 78.1 Å². The number of hydrazone groups is 1. The fourth-order valence-corrected chi connectivity index (χ4v) is 5.56.